The summed E-state index contributed by atoms with van der Waals surface area (Å²) in [6.45, 7) is 1.89. The first-order chi connectivity index (χ1) is 18.2. The van der Waals surface area contributed by atoms with Gasteiger partial charge in [-0.15, -0.1) is 0 Å². The van der Waals surface area contributed by atoms with Gasteiger partial charge in [-0.05, 0) is 48.9 Å². The van der Waals surface area contributed by atoms with E-state index in [9.17, 15) is 14.4 Å². The zero-order chi connectivity index (χ0) is 27.0. The van der Waals surface area contributed by atoms with Crippen LogP contribution in [-0.2, 0) is 0 Å². The first kappa shape index (κ1) is 24.7. The average Bonchev–Trinajstić information content (AvgIpc) is 2.90. The number of anilines is 4. The smallest absolute Gasteiger partial charge is 0.253 e. The van der Waals surface area contributed by atoms with Crippen molar-refractivity contribution in [1.82, 2.24) is 9.97 Å². The molecule has 3 aromatic carbocycles. The number of nitrogens with one attached hydrogen (secondary N) is 2. The highest BCUT2D eigenvalue weighted by Gasteiger charge is 2.22. The van der Waals surface area contributed by atoms with E-state index in [-0.39, 0.29) is 22.0 Å². The topological polar surface area (TPSA) is 146 Å². The molecular weight excluding hydrogens is 510 g/mol. The average molecular weight is 530 g/mol. The molecule has 2 heterocycles. The summed E-state index contributed by atoms with van der Waals surface area (Å²) < 4.78 is 11.3. The highest BCUT2D eigenvalue weighted by Crippen LogP contribution is 2.36. The molecule has 0 bridgehead atoms. The molecule has 11 heteroatoms. The van der Waals surface area contributed by atoms with Gasteiger partial charge in [0.1, 0.15) is 34.4 Å². The number of benzene rings is 2. The highest BCUT2D eigenvalue weighted by atomic mass is 35.5. The predicted octanol–water partition coefficient (Wildman–Crippen LogP) is 4.57. The van der Waals surface area contributed by atoms with Crippen molar-refractivity contribution < 1.29 is 14.3 Å². The Morgan fingerprint density at radius 1 is 0.921 bits per heavy atom. The monoisotopic (exact) mass is 529 g/mol. The Hall–Kier alpha value is -4.96. The fourth-order valence-electron chi connectivity index (χ4n) is 3.88. The minimum absolute atomic E-state index is 0.0851. The Labute approximate surface area is 220 Å². The summed E-state index contributed by atoms with van der Waals surface area (Å²) in [7, 11) is 1.44. The van der Waals surface area contributed by atoms with Crippen LogP contribution in [0.25, 0.3) is 10.9 Å². The number of pyridine rings is 2. The highest BCUT2D eigenvalue weighted by molar-refractivity contribution is 6.33. The van der Waals surface area contributed by atoms with E-state index in [4.69, 9.17) is 26.8 Å². The van der Waals surface area contributed by atoms with Crippen LogP contribution in [0.5, 0.6) is 17.2 Å². The van der Waals surface area contributed by atoms with Crippen LogP contribution in [0.3, 0.4) is 0 Å². The van der Waals surface area contributed by atoms with Crippen molar-refractivity contribution in [2.75, 3.05) is 17.7 Å². The molecule has 0 aliphatic heterocycles. The number of hydrogen-bond donors (Lipinski definition) is 3. The molecule has 0 saturated heterocycles. The van der Waals surface area contributed by atoms with Crippen LogP contribution in [0.1, 0.15) is 15.9 Å². The van der Waals surface area contributed by atoms with E-state index in [1.807, 2.05) is 13.0 Å². The minimum atomic E-state index is -0.666. The van der Waals surface area contributed by atoms with Gasteiger partial charge in [0, 0.05) is 29.9 Å². The van der Waals surface area contributed by atoms with Crippen LogP contribution >= 0.6 is 11.6 Å². The maximum Gasteiger partial charge on any atom is 0.253 e. The lowest BCUT2D eigenvalue weighted by Gasteiger charge is -2.16. The molecule has 0 aliphatic carbocycles. The number of rotatable bonds is 8. The van der Waals surface area contributed by atoms with Crippen LogP contribution in [0.2, 0.25) is 5.02 Å². The number of amides is 1. The van der Waals surface area contributed by atoms with Crippen LogP contribution in [0, 0.1) is 6.92 Å². The zero-order valence-electron chi connectivity index (χ0n) is 20.2. The molecule has 0 fully saturated rings. The van der Waals surface area contributed by atoms with Crippen molar-refractivity contribution in [1.29, 1.82) is 0 Å². The number of carbonyl (C=O) groups is 1. The number of primary amides is 1. The summed E-state index contributed by atoms with van der Waals surface area (Å²) in [4.78, 5) is 44.8. The van der Waals surface area contributed by atoms with Crippen LogP contribution in [0.4, 0.5) is 22.9 Å². The molecule has 0 aliphatic rings. The lowest BCUT2D eigenvalue weighted by molar-refractivity contribution is 0.0997. The summed E-state index contributed by atoms with van der Waals surface area (Å²) in [6, 6.07) is 13.2. The predicted molar refractivity (Wildman–Crippen MR) is 145 cm³/mol. The van der Waals surface area contributed by atoms with Crippen molar-refractivity contribution in [2.24, 2.45) is 5.73 Å². The van der Waals surface area contributed by atoms with Gasteiger partial charge in [0.25, 0.3) is 16.8 Å². The molecule has 2 aromatic heterocycles. The van der Waals surface area contributed by atoms with E-state index in [0.717, 1.165) is 5.56 Å². The van der Waals surface area contributed by atoms with E-state index in [1.54, 1.807) is 54.9 Å². The van der Waals surface area contributed by atoms with Gasteiger partial charge in [-0.2, -0.15) is 0 Å². The largest absolute Gasteiger partial charge is 0.496 e. The second-order valence-corrected chi connectivity index (χ2v) is 8.77. The third-order valence-electron chi connectivity index (χ3n) is 5.80. The van der Waals surface area contributed by atoms with E-state index < -0.39 is 16.8 Å². The summed E-state index contributed by atoms with van der Waals surface area (Å²) in [5, 5.41) is 6.60. The van der Waals surface area contributed by atoms with Gasteiger partial charge in [0.2, 0.25) is 0 Å². The lowest BCUT2D eigenvalue weighted by atomic mass is 10.1. The molecule has 0 atom stereocenters. The standard InChI is InChI=1S/C27H20ClN5O5/c1-13-5-7-31-22(9-13)33-24-23(25(34)26(24)35)32-18-4-3-14(10-17(18)28)38-20-6-8-30-19-12-21(37-2)16(27(29)36)11-15(19)20/h3-12,32H,1-2H3,(H2,29,36)(H,31,33). The first-order valence-corrected chi connectivity index (χ1v) is 11.7. The molecule has 0 spiro atoms. The number of nitrogens with two attached hydrogens (primary N) is 1. The van der Waals surface area contributed by atoms with Crippen molar-refractivity contribution in [3.05, 3.63) is 97.5 Å². The number of carbonyl (C=O) groups excluding carboxylic acids is 1. The first-order valence-electron chi connectivity index (χ1n) is 11.3. The van der Waals surface area contributed by atoms with Gasteiger partial charge in [-0.1, -0.05) is 11.6 Å². The van der Waals surface area contributed by atoms with Crippen molar-refractivity contribution >= 4 is 51.3 Å². The van der Waals surface area contributed by atoms with Crippen LogP contribution in [0.15, 0.2) is 70.5 Å². The van der Waals surface area contributed by atoms with E-state index in [2.05, 4.69) is 20.6 Å². The van der Waals surface area contributed by atoms with Crippen molar-refractivity contribution in [3.63, 3.8) is 0 Å². The van der Waals surface area contributed by atoms with E-state index in [0.29, 0.717) is 39.7 Å². The molecule has 4 N–H and O–H groups in total. The summed E-state index contributed by atoms with van der Waals surface area (Å²) in [5.74, 6) is 0.894. The van der Waals surface area contributed by atoms with Crippen LogP contribution in [-0.4, -0.2) is 23.0 Å². The fourth-order valence-corrected chi connectivity index (χ4v) is 4.10. The van der Waals surface area contributed by atoms with Crippen molar-refractivity contribution in [3.8, 4) is 17.2 Å². The maximum atomic E-state index is 12.3. The second-order valence-electron chi connectivity index (χ2n) is 8.36. The van der Waals surface area contributed by atoms with Crippen LogP contribution < -0.4 is 36.7 Å². The molecule has 5 rings (SSSR count). The number of ether oxygens (including phenoxy) is 2. The number of halogens is 1. The molecule has 0 radical (unpaired) electrons. The van der Waals surface area contributed by atoms with Gasteiger partial charge >= 0.3 is 0 Å². The summed E-state index contributed by atoms with van der Waals surface area (Å²) in [6.07, 6.45) is 3.16. The Bertz CT molecular complexity index is 1800. The Morgan fingerprint density at radius 3 is 2.34 bits per heavy atom. The SMILES string of the molecule is COc1cc2nccc(Oc3ccc(Nc4c(Nc5cc(C)ccn5)c(=O)c4=O)c(Cl)c3)c2cc1C(N)=O. The Kier molecular flexibility index (Phi) is 6.39. The Balaban J connectivity index is 1.41. The summed E-state index contributed by atoms with van der Waals surface area (Å²) >= 11 is 6.47. The number of aryl methyl sites for hydroxylation is 1. The van der Waals surface area contributed by atoms with Gasteiger partial charge in [0.15, 0.2) is 0 Å². The van der Waals surface area contributed by atoms with Gasteiger partial charge in [-0.25, -0.2) is 4.98 Å². The van der Waals surface area contributed by atoms with Crippen molar-refractivity contribution in [2.45, 2.75) is 6.92 Å². The molecule has 0 unspecified atom stereocenters. The minimum Gasteiger partial charge on any atom is -0.496 e. The normalized spacial score (nSPS) is 10.9. The number of hydrogen-bond acceptors (Lipinski definition) is 9. The quantitative estimate of drug-likeness (QED) is 0.246. The lowest BCUT2D eigenvalue weighted by Crippen LogP contribution is -2.36. The van der Waals surface area contributed by atoms with Gasteiger partial charge in [0.05, 0.1) is 28.9 Å². The third-order valence-corrected chi connectivity index (χ3v) is 6.11. The molecule has 38 heavy (non-hydrogen) atoms. The van der Waals surface area contributed by atoms with E-state index in [1.165, 1.54) is 7.11 Å². The molecule has 1 amide bonds. The van der Waals surface area contributed by atoms with Gasteiger partial charge in [-0.3, -0.25) is 19.4 Å². The van der Waals surface area contributed by atoms with E-state index >= 15 is 0 Å². The number of fused-ring (bicyclic) bond motifs is 1. The summed E-state index contributed by atoms with van der Waals surface area (Å²) in [5.41, 5.74) is 6.44. The number of methoxy groups -OCH3 is 1. The number of nitrogens with zero attached hydrogens (tertiary/aromatic N) is 2. The Morgan fingerprint density at radius 2 is 1.66 bits per heavy atom. The fraction of sp³-hybridized carbons (Fsp3) is 0.0741. The second kappa shape index (κ2) is 9.83. The number of aromatic nitrogens is 2. The molecular formula is C27H20ClN5O5. The molecule has 0 saturated carbocycles. The third kappa shape index (κ3) is 4.60. The molecule has 5 aromatic rings. The zero-order valence-corrected chi connectivity index (χ0v) is 20.9. The molecule has 190 valence electrons. The van der Waals surface area contributed by atoms with Gasteiger partial charge < -0.3 is 25.8 Å². The maximum absolute atomic E-state index is 12.3. The molecule has 10 nitrogen and oxygen atoms in total.